The molecule has 1 heterocycles. The molecule has 1 aromatic heterocycles. The molecule has 20 heavy (non-hydrogen) atoms. The Hall–Kier alpha value is -1.97. The Morgan fingerprint density at radius 1 is 1.30 bits per heavy atom. The number of hydrogen-bond donors (Lipinski definition) is 1. The number of carboxylic acid groups (broad SMARTS) is 1. The molecule has 4 heteroatoms. The fraction of sp³-hybridized carbons (Fsp3) is 0.438. The average molecular weight is 275 g/mol. The smallest absolute Gasteiger partial charge is 0.338 e. The minimum absolute atomic E-state index is 0.385. The molecule has 2 rings (SSSR count). The summed E-state index contributed by atoms with van der Waals surface area (Å²) in [5.41, 5.74) is 2.16. The number of ether oxygens (including phenoxy) is 1. The Kier molecular flexibility index (Phi) is 4.32. The minimum Gasteiger partial charge on any atom is -0.494 e. The van der Waals surface area contributed by atoms with Crippen molar-refractivity contribution in [2.45, 2.75) is 40.2 Å². The van der Waals surface area contributed by atoms with Crippen LogP contribution >= 0.6 is 0 Å². The molecule has 0 aliphatic rings. The largest absolute Gasteiger partial charge is 0.494 e. The molecular formula is C16H21NO3. The molecule has 0 saturated heterocycles. The van der Waals surface area contributed by atoms with Crippen LogP contribution in [-0.4, -0.2) is 22.2 Å². The van der Waals surface area contributed by atoms with E-state index in [1.807, 2.05) is 32.0 Å². The lowest BCUT2D eigenvalue weighted by Gasteiger charge is -2.07. The van der Waals surface area contributed by atoms with E-state index in [-0.39, 0.29) is 0 Å². The van der Waals surface area contributed by atoms with E-state index in [0.29, 0.717) is 12.2 Å². The molecule has 0 amide bonds. The number of benzene rings is 1. The highest BCUT2D eigenvalue weighted by molar-refractivity contribution is 6.05. The van der Waals surface area contributed by atoms with Gasteiger partial charge in [-0.25, -0.2) is 4.79 Å². The molecule has 0 aliphatic heterocycles. The molecule has 4 nitrogen and oxygen atoms in total. The number of aromatic carboxylic acids is 1. The topological polar surface area (TPSA) is 51.5 Å². The molecule has 0 spiro atoms. The second-order valence-corrected chi connectivity index (χ2v) is 4.94. The lowest BCUT2D eigenvalue weighted by Crippen LogP contribution is -2.02. The predicted molar refractivity (Wildman–Crippen MR) is 79.7 cm³/mol. The molecule has 1 aromatic carbocycles. The van der Waals surface area contributed by atoms with Crippen molar-refractivity contribution in [3.63, 3.8) is 0 Å². The van der Waals surface area contributed by atoms with Crippen LogP contribution in [0.3, 0.4) is 0 Å². The van der Waals surface area contributed by atoms with Crippen LogP contribution in [0.25, 0.3) is 10.9 Å². The van der Waals surface area contributed by atoms with Crippen LogP contribution in [-0.2, 0) is 6.54 Å². The van der Waals surface area contributed by atoms with Crippen molar-refractivity contribution in [2.75, 3.05) is 6.61 Å². The summed E-state index contributed by atoms with van der Waals surface area (Å²) in [6.07, 6.45) is 1.90. The van der Waals surface area contributed by atoms with Gasteiger partial charge < -0.3 is 14.4 Å². The van der Waals surface area contributed by atoms with Gasteiger partial charge in [0.25, 0.3) is 0 Å². The molecule has 108 valence electrons. The van der Waals surface area contributed by atoms with Crippen LogP contribution in [0.2, 0.25) is 0 Å². The van der Waals surface area contributed by atoms with Gasteiger partial charge in [0.1, 0.15) is 5.75 Å². The van der Waals surface area contributed by atoms with E-state index in [1.165, 1.54) is 0 Å². The first-order valence-corrected chi connectivity index (χ1v) is 7.09. The Balaban J connectivity index is 2.60. The first kappa shape index (κ1) is 14.4. The van der Waals surface area contributed by atoms with E-state index < -0.39 is 5.97 Å². The summed E-state index contributed by atoms with van der Waals surface area (Å²) in [7, 11) is 0. The molecule has 0 radical (unpaired) electrons. The van der Waals surface area contributed by atoms with Crippen LogP contribution in [0.5, 0.6) is 5.75 Å². The molecule has 1 N–H and O–H groups in total. The fourth-order valence-electron chi connectivity index (χ4n) is 2.55. The highest BCUT2D eigenvalue weighted by Crippen LogP contribution is 2.29. The maximum atomic E-state index is 11.5. The van der Waals surface area contributed by atoms with Crippen LogP contribution in [0, 0.1) is 6.92 Å². The summed E-state index contributed by atoms with van der Waals surface area (Å²) < 4.78 is 7.68. The number of aromatic nitrogens is 1. The Bertz CT molecular complexity index is 628. The van der Waals surface area contributed by atoms with Gasteiger partial charge in [0.15, 0.2) is 0 Å². The Morgan fingerprint density at radius 2 is 2.05 bits per heavy atom. The zero-order valence-corrected chi connectivity index (χ0v) is 12.3. The standard InChI is InChI=1S/C16H21NO3/c1-4-8-17-11(3)15(16(18)19)13-10-12(20-9-5-2)6-7-14(13)17/h6-7,10H,4-5,8-9H2,1-3H3,(H,18,19). The third kappa shape index (κ3) is 2.50. The van der Waals surface area contributed by atoms with Crippen molar-refractivity contribution in [3.05, 3.63) is 29.5 Å². The fourth-order valence-corrected chi connectivity index (χ4v) is 2.55. The lowest BCUT2D eigenvalue weighted by molar-refractivity contribution is 0.0698. The number of rotatable bonds is 6. The van der Waals surface area contributed by atoms with Crippen LogP contribution < -0.4 is 4.74 Å². The number of fused-ring (bicyclic) bond motifs is 1. The average Bonchev–Trinajstić information content (AvgIpc) is 2.69. The third-order valence-corrected chi connectivity index (χ3v) is 3.43. The summed E-state index contributed by atoms with van der Waals surface area (Å²) in [6.45, 7) is 7.46. The van der Waals surface area contributed by atoms with Crippen molar-refractivity contribution < 1.29 is 14.6 Å². The van der Waals surface area contributed by atoms with Gasteiger partial charge in [0.05, 0.1) is 12.2 Å². The van der Waals surface area contributed by atoms with Crippen molar-refractivity contribution in [2.24, 2.45) is 0 Å². The number of hydrogen-bond acceptors (Lipinski definition) is 2. The molecular weight excluding hydrogens is 254 g/mol. The van der Waals surface area contributed by atoms with E-state index >= 15 is 0 Å². The summed E-state index contributed by atoms with van der Waals surface area (Å²) in [5.74, 6) is -0.148. The maximum absolute atomic E-state index is 11.5. The third-order valence-electron chi connectivity index (χ3n) is 3.43. The van der Waals surface area contributed by atoms with Gasteiger partial charge in [-0.15, -0.1) is 0 Å². The van der Waals surface area contributed by atoms with Gasteiger partial charge in [-0.1, -0.05) is 13.8 Å². The number of nitrogens with zero attached hydrogens (tertiary/aromatic N) is 1. The van der Waals surface area contributed by atoms with Gasteiger partial charge in [-0.05, 0) is 38.0 Å². The van der Waals surface area contributed by atoms with Gasteiger partial charge >= 0.3 is 5.97 Å². The second kappa shape index (κ2) is 5.99. The normalized spacial score (nSPS) is 10.9. The van der Waals surface area contributed by atoms with Gasteiger partial charge in [-0.3, -0.25) is 0 Å². The van der Waals surface area contributed by atoms with Crippen LogP contribution in [0.1, 0.15) is 42.7 Å². The van der Waals surface area contributed by atoms with Crippen molar-refractivity contribution in [1.82, 2.24) is 4.57 Å². The summed E-state index contributed by atoms with van der Waals surface area (Å²) in [5, 5.41) is 10.2. The molecule has 0 bridgehead atoms. The van der Waals surface area contributed by atoms with Crippen LogP contribution in [0.15, 0.2) is 18.2 Å². The van der Waals surface area contributed by atoms with Crippen molar-refractivity contribution >= 4 is 16.9 Å². The zero-order chi connectivity index (χ0) is 14.7. The molecule has 0 unspecified atom stereocenters. The highest BCUT2D eigenvalue weighted by atomic mass is 16.5. The zero-order valence-electron chi connectivity index (χ0n) is 12.3. The van der Waals surface area contributed by atoms with Gasteiger partial charge in [0.2, 0.25) is 0 Å². The first-order valence-electron chi connectivity index (χ1n) is 7.09. The number of carbonyl (C=O) groups is 1. The second-order valence-electron chi connectivity index (χ2n) is 4.94. The summed E-state index contributed by atoms with van der Waals surface area (Å²) in [4.78, 5) is 11.5. The molecule has 0 atom stereocenters. The van der Waals surface area contributed by atoms with E-state index in [1.54, 1.807) is 0 Å². The Labute approximate surface area is 119 Å². The van der Waals surface area contributed by atoms with Gasteiger partial charge in [0, 0.05) is 23.1 Å². The van der Waals surface area contributed by atoms with Crippen LogP contribution in [0.4, 0.5) is 0 Å². The van der Waals surface area contributed by atoms with Gasteiger partial charge in [-0.2, -0.15) is 0 Å². The van der Waals surface area contributed by atoms with Crippen molar-refractivity contribution in [3.8, 4) is 5.75 Å². The maximum Gasteiger partial charge on any atom is 0.338 e. The number of aryl methyl sites for hydroxylation is 1. The summed E-state index contributed by atoms with van der Waals surface area (Å²) >= 11 is 0. The first-order chi connectivity index (χ1) is 9.60. The highest BCUT2D eigenvalue weighted by Gasteiger charge is 2.19. The number of carboxylic acids is 1. The van der Waals surface area contributed by atoms with E-state index in [2.05, 4.69) is 11.5 Å². The molecule has 2 aromatic rings. The SMILES string of the molecule is CCCOc1ccc2c(c1)c(C(=O)O)c(C)n2CCC. The van der Waals surface area contributed by atoms with Crippen molar-refractivity contribution in [1.29, 1.82) is 0 Å². The molecule has 0 aliphatic carbocycles. The molecule has 0 fully saturated rings. The van der Waals surface area contributed by atoms with E-state index in [4.69, 9.17) is 4.74 Å². The van der Waals surface area contributed by atoms with E-state index in [9.17, 15) is 9.90 Å². The monoisotopic (exact) mass is 275 g/mol. The van der Waals surface area contributed by atoms with E-state index in [0.717, 1.165) is 41.7 Å². The minimum atomic E-state index is -0.880. The summed E-state index contributed by atoms with van der Waals surface area (Å²) in [6, 6.07) is 5.71. The quantitative estimate of drug-likeness (QED) is 0.871. The predicted octanol–water partition coefficient (Wildman–Crippen LogP) is 3.85. The molecule has 0 saturated carbocycles. The Morgan fingerprint density at radius 3 is 2.65 bits per heavy atom. The lowest BCUT2D eigenvalue weighted by atomic mass is 10.1.